The molecule has 0 spiro atoms. The SMILES string of the molecule is CC(C)=CCc1c2c(c(O)c3c1OC1(O)c4ccc(O)cc4OC1(CC=C(C)C)C3=O)C=CC(C)(C)O2. The highest BCUT2D eigenvalue weighted by Gasteiger charge is 2.70. The molecule has 37 heavy (non-hydrogen) atoms. The van der Waals surface area contributed by atoms with E-state index in [2.05, 4.69) is 0 Å². The van der Waals surface area contributed by atoms with Gasteiger partial charge < -0.3 is 29.5 Å². The zero-order valence-corrected chi connectivity index (χ0v) is 21.9. The highest BCUT2D eigenvalue weighted by molar-refractivity contribution is 6.11. The van der Waals surface area contributed by atoms with E-state index in [0.717, 1.165) is 11.1 Å². The Balaban J connectivity index is 1.83. The maximum atomic E-state index is 14.4. The predicted molar refractivity (Wildman–Crippen MR) is 139 cm³/mol. The first-order valence-corrected chi connectivity index (χ1v) is 12.3. The van der Waals surface area contributed by atoms with Crippen molar-refractivity contribution in [1.29, 1.82) is 0 Å². The first-order chi connectivity index (χ1) is 17.3. The van der Waals surface area contributed by atoms with Gasteiger partial charge in [0.25, 0.3) is 5.79 Å². The zero-order valence-electron chi connectivity index (χ0n) is 21.9. The molecule has 0 saturated heterocycles. The molecule has 5 rings (SSSR count). The summed E-state index contributed by atoms with van der Waals surface area (Å²) >= 11 is 0. The normalized spacial score (nSPS) is 23.9. The Hall–Kier alpha value is -3.71. The van der Waals surface area contributed by atoms with Crippen molar-refractivity contribution in [2.75, 3.05) is 0 Å². The van der Waals surface area contributed by atoms with E-state index in [1.165, 1.54) is 18.2 Å². The molecule has 3 aliphatic rings. The Morgan fingerprint density at radius 2 is 1.68 bits per heavy atom. The maximum Gasteiger partial charge on any atom is 0.286 e. The van der Waals surface area contributed by atoms with Crippen molar-refractivity contribution in [3.8, 4) is 28.7 Å². The number of rotatable bonds is 4. The summed E-state index contributed by atoms with van der Waals surface area (Å²) in [7, 11) is 0. The van der Waals surface area contributed by atoms with E-state index < -0.39 is 22.8 Å². The number of aromatic hydroxyl groups is 2. The van der Waals surface area contributed by atoms with Crippen LogP contribution in [0.5, 0.6) is 28.7 Å². The van der Waals surface area contributed by atoms with Crippen molar-refractivity contribution in [2.24, 2.45) is 0 Å². The molecule has 2 aromatic rings. The van der Waals surface area contributed by atoms with Crippen molar-refractivity contribution in [3.63, 3.8) is 0 Å². The highest BCUT2D eigenvalue weighted by atomic mass is 16.7. The standard InChI is InChI=1S/C30H32O7/c1-16(2)7-9-20-25-19(12-13-28(5,6)36-25)24(32)23-26(20)37-30(34)21-10-8-18(31)15-22(21)35-29(30,27(23)33)14-11-17(3)4/h7-8,10-13,15,31-32,34H,9,14H2,1-6H3. The van der Waals surface area contributed by atoms with Crippen LogP contribution in [0.3, 0.4) is 0 Å². The van der Waals surface area contributed by atoms with Gasteiger partial charge in [0.1, 0.15) is 39.9 Å². The van der Waals surface area contributed by atoms with Crippen LogP contribution in [0.2, 0.25) is 0 Å². The molecule has 0 aromatic heterocycles. The van der Waals surface area contributed by atoms with Gasteiger partial charge in [0, 0.05) is 18.1 Å². The van der Waals surface area contributed by atoms with Gasteiger partial charge in [-0.05, 0) is 72.2 Å². The van der Waals surface area contributed by atoms with Crippen molar-refractivity contribution < 1.29 is 34.3 Å². The second-order valence-electron chi connectivity index (χ2n) is 11.0. The van der Waals surface area contributed by atoms with Crippen LogP contribution in [0.15, 0.2) is 47.6 Å². The quantitative estimate of drug-likeness (QED) is 0.459. The molecule has 7 nitrogen and oxygen atoms in total. The van der Waals surface area contributed by atoms with E-state index in [-0.39, 0.29) is 40.5 Å². The number of phenolic OH excluding ortho intramolecular Hbond substituents is 2. The van der Waals surface area contributed by atoms with Crippen LogP contribution >= 0.6 is 0 Å². The van der Waals surface area contributed by atoms with Gasteiger partial charge in [-0.15, -0.1) is 0 Å². The van der Waals surface area contributed by atoms with Crippen molar-refractivity contribution in [1.82, 2.24) is 0 Å². The van der Waals surface area contributed by atoms with Crippen LogP contribution in [-0.2, 0) is 12.2 Å². The van der Waals surface area contributed by atoms with Gasteiger partial charge in [0.15, 0.2) is 0 Å². The lowest BCUT2D eigenvalue weighted by Crippen LogP contribution is -2.62. The number of phenols is 2. The number of hydrogen-bond donors (Lipinski definition) is 3. The Labute approximate surface area is 216 Å². The third kappa shape index (κ3) is 3.63. The van der Waals surface area contributed by atoms with Crippen molar-refractivity contribution >= 4 is 11.9 Å². The number of allylic oxidation sites excluding steroid dienone is 3. The van der Waals surface area contributed by atoms with Gasteiger partial charge in [-0.1, -0.05) is 23.3 Å². The Morgan fingerprint density at radius 1 is 0.973 bits per heavy atom. The van der Waals surface area contributed by atoms with Crippen LogP contribution in [0.25, 0.3) is 6.08 Å². The molecule has 3 aliphatic heterocycles. The molecule has 194 valence electrons. The van der Waals surface area contributed by atoms with E-state index in [1.807, 2.05) is 53.7 Å². The molecule has 0 amide bonds. The summed E-state index contributed by atoms with van der Waals surface area (Å²) in [6.07, 6.45) is 7.67. The number of fused-ring (bicyclic) bond motifs is 5. The smallest absolute Gasteiger partial charge is 0.286 e. The molecular formula is C30H32O7. The molecule has 3 N–H and O–H groups in total. The number of benzene rings is 2. The summed E-state index contributed by atoms with van der Waals surface area (Å²) in [6.45, 7) is 11.5. The van der Waals surface area contributed by atoms with E-state index in [4.69, 9.17) is 14.2 Å². The number of aliphatic hydroxyl groups is 1. The van der Waals surface area contributed by atoms with Gasteiger partial charge >= 0.3 is 0 Å². The summed E-state index contributed by atoms with van der Waals surface area (Å²) in [5.74, 6) is -2.59. The zero-order chi connectivity index (χ0) is 26.9. The molecule has 0 aliphatic carbocycles. The maximum absolute atomic E-state index is 14.4. The fraction of sp³-hybridized carbons (Fsp3) is 0.367. The number of hydrogen-bond acceptors (Lipinski definition) is 7. The summed E-state index contributed by atoms with van der Waals surface area (Å²) < 4.78 is 18.8. The summed E-state index contributed by atoms with van der Waals surface area (Å²) in [6, 6.07) is 4.25. The number of ether oxygens (including phenoxy) is 3. The van der Waals surface area contributed by atoms with E-state index in [0.29, 0.717) is 23.3 Å². The molecular weight excluding hydrogens is 472 g/mol. The summed E-state index contributed by atoms with van der Waals surface area (Å²) in [5.41, 5.74) is 0.475. The van der Waals surface area contributed by atoms with Gasteiger partial charge in [-0.25, -0.2) is 0 Å². The molecule has 0 bridgehead atoms. The Morgan fingerprint density at radius 3 is 2.35 bits per heavy atom. The number of Topliss-reactive ketones (excluding diaryl/α,β-unsaturated/α-hetero) is 1. The second-order valence-corrected chi connectivity index (χ2v) is 11.0. The largest absolute Gasteiger partial charge is 0.508 e. The predicted octanol–water partition coefficient (Wildman–Crippen LogP) is 5.70. The van der Waals surface area contributed by atoms with Gasteiger partial charge in [-0.2, -0.15) is 0 Å². The molecule has 3 heterocycles. The topological polar surface area (TPSA) is 105 Å². The Kier molecular flexibility index (Phi) is 5.50. The van der Waals surface area contributed by atoms with Crippen molar-refractivity contribution in [2.45, 2.75) is 71.4 Å². The first-order valence-electron chi connectivity index (χ1n) is 12.3. The molecule has 2 unspecified atom stereocenters. The summed E-state index contributed by atoms with van der Waals surface area (Å²) in [4.78, 5) is 14.4. The molecule has 2 atom stereocenters. The van der Waals surface area contributed by atoms with Crippen LogP contribution < -0.4 is 14.2 Å². The number of ketones is 1. The van der Waals surface area contributed by atoms with E-state index >= 15 is 0 Å². The van der Waals surface area contributed by atoms with Crippen LogP contribution in [0.4, 0.5) is 0 Å². The van der Waals surface area contributed by atoms with Crippen LogP contribution in [-0.4, -0.2) is 32.3 Å². The van der Waals surface area contributed by atoms with Crippen LogP contribution in [0.1, 0.15) is 75.0 Å². The Bertz CT molecular complexity index is 1420. The average molecular weight is 505 g/mol. The third-order valence-electron chi connectivity index (χ3n) is 7.05. The lowest BCUT2D eigenvalue weighted by molar-refractivity contribution is -0.221. The molecule has 0 radical (unpaired) electrons. The van der Waals surface area contributed by atoms with Crippen LogP contribution in [0, 0.1) is 0 Å². The molecule has 2 aromatic carbocycles. The van der Waals surface area contributed by atoms with Gasteiger partial charge in [0.05, 0.1) is 11.1 Å². The molecule has 0 saturated carbocycles. The van der Waals surface area contributed by atoms with Crippen molar-refractivity contribution in [3.05, 3.63) is 69.8 Å². The van der Waals surface area contributed by atoms with Gasteiger partial charge in [0.2, 0.25) is 11.4 Å². The van der Waals surface area contributed by atoms with E-state index in [1.54, 1.807) is 12.2 Å². The monoisotopic (exact) mass is 504 g/mol. The van der Waals surface area contributed by atoms with E-state index in [9.17, 15) is 20.1 Å². The third-order valence-corrected chi connectivity index (χ3v) is 7.05. The van der Waals surface area contributed by atoms with Gasteiger partial charge in [-0.3, -0.25) is 4.79 Å². The highest BCUT2D eigenvalue weighted by Crippen LogP contribution is 2.60. The lowest BCUT2D eigenvalue weighted by atomic mass is 9.76. The second kappa shape index (κ2) is 8.15. The minimum absolute atomic E-state index is 0.0151. The minimum atomic E-state index is -2.22. The fourth-order valence-corrected chi connectivity index (χ4v) is 5.09. The minimum Gasteiger partial charge on any atom is -0.508 e. The average Bonchev–Trinajstić information content (AvgIpc) is 3.04. The molecule has 0 fully saturated rings. The summed E-state index contributed by atoms with van der Waals surface area (Å²) in [5, 5.41) is 33.7. The number of carbonyl (C=O) groups is 1. The molecule has 7 heteroatoms. The lowest BCUT2D eigenvalue weighted by Gasteiger charge is -2.44. The fourth-order valence-electron chi connectivity index (χ4n) is 5.09. The first kappa shape index (κ1) is 25.0. The number of carbonyl (C=O) groups excluding carboxylic acids is 1.